The average Bonchev–Trinajstić information content (AvgIpc) is 2.89. The van der Waals surface area contributed by atoms with Crippen LogP contribution >= 0.6 is 0 Å². The van der Waals surface area contributed by atoms with E-state index in [0.29, 0.717) is 30.2 Å². The molecule has 2 heterocycles. The smallest absolute Gasteiger partial charge is 0.137 e. The molecule has 0 aliphatic carbocycles. The molecule has 1 aromatic rings. The van der Waals surface area contributed by atoms with Crippen molar-refractivity contribution in [2.24, 2.45) is 5.92 Å². The standard InChI is InChI=1S/C19H25NO/c1-3-5-13-6-8-14(9-7-13)16-12-15-10-11-17(20-15)19(16)18(21)4-2/h3,5-9,15-17,19-20H,4,10-12H2,1-2H3. The molecule has 2 aliphatic heterocycles. The van der Waals surface area contributed by atoms with Crippen LogP contribution in [0.4, 0.5) is 0 Å². The Labute approximate surface area is 127 Å². The van der Waals surface area contributed by atoms with Gasteiger partial charge in [-0.3, -0.25) is 4.79 Å². The van der Waals surface area contributed by atoms with E-state index >= 15 is 0 Å². The van der Waals surface area contributed by atoms with Crippen LogP contribution in [0.1, 0.15) is 56.6 Å². The van der Waals surface area contributed by atoms with Gasteiger partial charge in [0.05, 0.1) is 0 Å². The topological polar surface area (TPSA) is 29.1 Å². The van der Waals surface area contributed by atoms with E-state index in [9.17, 15) is 4.79 Å². The van der Waals surface area contributed by atoms with Crippen LogP contribution in [0, 0.1) is 5.92 Å². The summed E-state index contributed by atoms with van der Waals surface area (Å²) in [5.41, 5.74) is 2.57. The molecule has 4 unspecified atom stereocenters. The van der Waals surface area contributed by atoms with Gasteiger partial charge >= 0.3 is 0 Å². The summed E-state index contributed by atoms with van der Waals surface area (Å²) < 4.78 is 0. The van der Waals surface area contributed by atoms with Crippen molar-refractivity contribution in [1.29, 1.82) is 0 Å². The number of carbonyl (C=O) groups is 1. The van der Waals surface area contributed by atoms with E-state index < -0.39 is 0 Å². The number of allylic oxidation sites excluding steroid dienone is 1. The fourth-order valence-electron chi connectivity index (χ4n) is 4.13. The predicted octanol–water partition coefficient (Wildman–Crippen LogP) is 3.92. The molecule has 21 heavy (non-hydrogen) atoms. The third-order valence-corrected chi connectivity index (χ3v) is 5.13. The Bertz CT molecular complexity index is 531. The monoisotopic (exact) mass is 283 g/mol. The number of piperidine rings is 1. The van der Waals surface area contributed by atoms with E-state index in [2.05, 4.69) is 41.7 Å². The van der Waals surface area contributed by atoms with Crippen molar-refractivity contribution < 1.29 is 4.79 Å². The summed E-state index contributed by atoms with van der Waals surface area (Å²) in [5.74, 6) is 0.993. The molecule has 2 aliphatic rings. The molecular formula is C19H25NO. The largest absolute Gasteiger partial charge is 0.310 e. The third kappa shape index (κ3) is 2.82. The van der Waals surface area contributed by atoms with Gasteiger partial charge in [0.25, 0.3) is 0 Å². The van der Waals surface area contributed by atoms with E-state index in [4.69, 9.17) is 0 Å². The first-order chi connectivity index (χ1) is 10.2. The number of hydrogen-bond acceptors (Lipinski definition) is 2. The second-order valence-electron chi connectivity index (χ2n) is 6.40. The van der Waals surface area contributed by atoms with E-state index in [-0.39, 0.29) is 5.92 Å². The minimum Gasteiger partial charge on any atom is -0.310 e. The predicted molar refractivity (Wildman–Crippen MR) is 87.2 cm³/mol. The summed E-state index contributed by atoms with van der Waals surface area (Å²) >= 11 is 0. The Morgan fingerprint density at radius 1 is 1.29 bits per heavy atom. The Kier molecular flexibility index (Phi) is 4.25. The summed E-state index contributed by atoms with van der Waals surface area (Å²) in [4.78, 5) is 12.5. The van der Waals surface area contributed by atoms with Crippen LogP contribution in [0.15, 0.2) is 30.3 Å². The number of hydrogen-bond donors (Lipinski definition) is 1. The van der Waals surface area contributed by atoms with Crippen LogP contribution in [0.2, 0.25) is 0 Å². The van der Waals surface area contributed by atoms with Gasteiger partial charge < -0.3 is 5.32 Å². The van der Waals surface area contributed by atoms with Crippen molar-refractivity contribution in [2.75, 3.05) is 0 Å². The summed E-state index contributed by atoms with van der Waals surface area (Å²) in [6.45, 7) is 4.03. The maximum atomic E-state index is 12.5. The van der Waals surface area contributed by atoms with Gasteiger partial charge in [-0.15, -0.1) is 0 Å². The van der Waals surface area contributed by atoms with Gasteiger partial charge in [0.2, 0.25) is 0 Å². The van der Waals surface area contributed by atoms with Gasteiger partial charge in [-0.2, -0.15) is 0 Å². The fraction of sp³-hybridized carbons (Fsp3) is 0.526. The van der Waals surface area contributed by atoms with Gasteiger partial charge in [-0.25, -0.2) is 0 Å². The lowest BCUT2D eigenvalue weighted by Crippen LogP contribution is -2.47. The van der Waals surface area contributed by atoms with Crippen LogP contribution in [0.3, 0.4) is 0 Å². The Balaban J connectivity index is 1.88. The van der Waals surface area contributed by atoms with Crippen LogP contribution in [-0.4, -0.2) is 17.9 Å². The molecule has 0 saturated carbocycles. The SMILES string of the molecule is CC=Cc1ccc(C2CC3CCC(N3)C2C(=O)CC)cc1. The van der Waals surface area contributed by atoms with Gasteiger partial charge in [0.1, 0.15) is 5.78 Å². The molecule has 112 valence electrons. The van der Waals surface area contributed by atoms with Crippen molar-refractivity contribution in [3.8, 4) is 0 Å². The molecule has 1 N–H and O–H groups in total. The van der Waals surface area contributed by atoms with Gasteiger partial charge in [-0.05, 0) is 43.2 Å². The first kappa shape index (κ1) is 14.5. The van der Waals surface area contributed by atoms with Crippen molar-refractivity contribution in [1.82, 2.24) is 5.32 Å². The van der Waals surface area contributed by atoms with Gasteiger partial charge in [0.15, 0.2) is 0 Å². The summed E-state index contributed by atoms with van der Waals surface area (Å²) in [6.07, 6.45) is 8.32. The second kappa shape index (κ2) is 6.15. The highest BCUT2D eigenvalue weighted by Gasteiger charge is 2.44. The molecule has 2 nitrogen and oxygen atoms in total. The van der Waals surface area contributed by atoms with Crippen LogP contribution in [-0.2, 0) is 4.79 Å². The van der Waals surface area contributed by atoms with E-state index in [1.807, 2.05) is 13.8 Å². The lowest BCUT2D eigenvalue weighted by atomic mass is 9.74. The zero-order valence-corrected chi connectivity index (χ0v) is 13.0. The molecule has 2 fully saturated rings. The molecule has 2 bridgehead atoms. The minimum absolute atomic E-state index is 0.168. The first-order valence-electron chi connectivity index (χ1n) is 8.24. The highest BCUT2D eigenvalue weighted by Crippen LogP contribution is 2.42. The van der Waals surface area contributed by atoms with Crippen LogP contribution in [0.5, 0.6) is 0 Å². The highest BCUT2D eigenvalue weighted by molar-refractivity contribution is 5.82. The first-order valence-corrected chi connectivity index (χ1v) is 8.24. The van der Waals surface area contributed by atoms with Gasteiger partial charge in [0, 0.05) is 24.4 Å². The Morgan fingerprint density at radius 2 is 2.05 bits per heavy atom. The van der Waals surface area contributed by atoms with Crippen LogP contribution in [0.25, 0.3) is 6.08 Å². The van der Waals surface area contributed by atoms with Crippen molar-refractivity contribution in [2.45, 2.75) is 57.5 Å². The quantitative estimate of drug-likeness (QED) is 0.907. The van der Waals surface area contributed by atoms with Gasteiger partial charge in [-0.1, -0.05) is 43.3 Å². The van der Waals surface area contributed by atoms with Crippen molar-refractivity contribution >= 4 is 11.9 Å². The number of nitrogens with one attached hydrogen (secondary N) is 1. The number of ketones is 1. The number of fused-ring (bicyclic) bond motifs is 2. The summed E-state index contributed by atoms with van der Waals surface area (Å²) in [7, 11) is 0. The molecule has 0 radical (unpaired) electrons. The molecule has 1 aromatic carbocycles. The zero-order valence-electron chi connectivity index (χ0n) is 13.0. The molecule has 4 atom stereocenters. The maximum absolute atomic E-state index is 12.5. The molecular weight excluding hydrogens is 258 g/mol. The highest BCUT2D eigenvalue weighted by atomic mass is 16.1. The number of Topliss-reactive ketones (excluding diaryl/α,β-unsaturated/α-hetero) is 1. The summed E-state index contributed by atoms with van der Waals surface area (Å²) in [6, 6.07) is 9.80. The second-order valence-corrected chi connectivity index (χ2v) is 6.40. The Hall–Kier alpha value is -1.41. The molecule has 2 heteroatoms. The average molecular weight is 283 g/mol. The van der Waals surface area contributed by atoms with Crippen LogP contribution < -0.4 is 5.32 Å². The van der Waals surface area contributed by atoms with E-state index in [0.717, 1.165) is 12.8 Å². The fourth-order valence-corrected chi connectivity index (χ4v) is 4.13. The molecule has 2 saturated heterocycles. The lowest BCUT2D eigenvalue weighted by Gasteiger charge is -2.37. The number of benzene rings is 1. The maximum Gasteiger partial charge on any atom is 0.137 e. The normalized spacial score (nSPS) is 31.7. The minimum atomic E-state index is 0.168. The third-order valence-electron chi connectivity index (χ3n) is 5.13. The Morgan fingerprint density at radius 3 is 2.71 bits per heavy atom. The van der Waals surface area contributed by atoms with Crippen molar-refractivity contribution in [3.63, 3.8) is 0 Å². The lowest BCUT2D eigenvalue weighted by molar-refractivity contribution is -0.124. The molecule has 0 aromatic heterocycles. The van der Waals surface area contributed by atoms with E-state index in [1.54, 1.807) is 0 Å². The van der Waals surface area contributed by atoms with Crippen molar-refractivity contribution in [3.05, 3.63) is 41.5 Å². The number of rotatable bonds is 4. The zero-order chi connectivity index (χ0) is 14.8. The molecule has 0 amide bonds. The molecule has 0 spiro atoms. The van der Waals surface area contributed by atoms with E-state index in [1.165, 1.54) is 17.5 Å². The molecule has 3 rings (SSSR count). The number of carbonyl (C=O) groups excluding carboxylic acids is 1. The summed E-state index contributed by atoms with van der Waals surface area (Å²) in [5, 5.41) is 3.66.